The van der Waals surface area contributed by atoms with Crippen LogP contribution in [-0.2, 0) is 14.8 Å². The van der Waals surface area contributed by atoms with E-state index >= 15 is 0 Å². The molecule has 0 amide bonds. The Morgan fingerprint density at radius 1 is 1.09 bits per heavy atom. The summed E-state index contributed by atoms with van der Waals surface area (Å²) in [6.45, 7) is 3.01. The summed E-state index contributed by atoms with van der Waals surface area (Å²) in [5, 5.41) is 6.42. The van der Waals surface area contributed by atoms with Gasteiger partial charge in [-0.15, -0.1) is 0 Å². The van der Waals surface area contributed by atoms with Gasteiger partial charge in [-0.2, -0.15) is 4.98 Å². The summed E-state index contributed by atoms with van der Waals surface area (Å²) in [6, 6.07) is 12.4. The lowest BCUT2D eigenvalue weighted by molar-refractivity contribution is 0.122. The van der Waals surface area contributed by atoms with Crippen molar-refractivity contribution in [2.24, 2.45) is 0 Å². The Kier molecular flexibility index (Phi) is 7.60. The van der Waals surface area contributed by atoms with E-state index in [2.05, 4.69) is 25.5 Å². The zero-order valence-electron chi connectivity index (χ0n) is 19.7. The average molecular weight is 519 g/mol. The molecule has 1 saturated heterocycles. The Morgan fingerprint density at radius 2 is 1.83 bits per heavy atom. The molecule has 0 unspecified atom stereocenters. The lowest BCUT2D eigenvalue weighted by atomic mass is 10.2. The monoisotopic (exact) mass is 518 g/mol. The molecule has 12 heteroatoms. The van der Waals surface area contributed by atoms with Crippen molar-refractivity contribution in [2.75, 3.05) is 63.0 Å². The second-order valence-electron chi connectivity index (χ2n) is 7.91. The highest BCUT2D eigenvalue weighted by atomic mass is 35.5. The number of nitrogens with zero attached hydrogens (tertiary/aromatic N) is 4. The number of morpholine rings is 1. The maximum atomic E-state index is 12.7. The highest BCUT2D eigenvalue weighted by molar-refractivity contribution is 7.89. The number of rotatable bonds is 8. The number of aromatic nitrogens is 2. The van der Waals surface area contributed by atoms with Crippen molar-refractivity contribution in [3.05, 3.63) is 53.7 Å². The number of halogens is 1. The zero-order chi connectivity index (χ0) is 25.0. The van der Waals surface area contributed by atoms with Crippen LogP contribution in [0.1, 0.15) is 0 Å². The van der Waals surface area contributed by atoms with Gasteiger partial charge in [0.15, 0.2) is 5.82 Å². The summed E-state index contributed by atoms with van der Waals surface area (Å²) in [4.78, 5) is 11.1. The molecule has 10 nitrogen and oxygen atoms in total. The zero-order valence-corrected chi connectivity index (χ0v) is 21.2. The minimum atomic E-state index is -3.68. The summed E-state index contributed by atoms with van der Waals surface area (Å²) < 4.78 is 37.6. The van der Waals surface area contributed by atoms with Gasteiger partial charge in [-0.05, 0) is 24.3 Å². The minimum absolute atomic E-state index is 0.106. The third kappa shape index (κ3) is 5.59. The summed E-state index contributed by atoms with van der Waals surface area (Å²) in [5.41, 5.74) is 2.06. The van der Waals surface area contributed by atoms with E-state index in [0.717, 1.165) is 23.1 Å². The molecule has 1 aliphatic heterocycles. The van der Waals surface area contributed by atoms with Gasteiger partial charge >= 0.3 is 0 Å². The molecule has 1 aromatic heterocycles. The van der Waals surface area contributed by atoms with E-state index in [4.69, 9.17) is 21.1 Å². The van der Waals surface area contributed by atoms with Crippen molar-refractivity contribution in [3.8, 4) is 5.75 Å². The van der Waals surface area contributed by atoms with Crippen molar-refractivity contribution in [1.82, 2.24) is 14.3 Å². The molecule has 3 aromatic rings. The van der Waals surface area contributed by atoms with Crippen molar-refractivity contribution in [1.29, 1.82) is 0 Å². The number of nitrogens with one attached hydrogen (secondary N) is 2. The lowest BCUT2D eigenvalue weighted by Crippen LogP contribution is -2.36. The van der Waals surface area contributed by atoms with Crippen molar-refractivity contribution in [2.45, 2.75) is 4.90 Å². The molecule has 0 aliphatic carbocycles. The van der Waals surface area contributed by atoms with E-state index < -0.39 is 10.0 Å². The molecule has 0 bridgehead atoms. The molecule has 0 atom stereocenters. The van der Waals surface area contributed by atoms with Crippen LogP contribution in [0.2, 0.25) is 5.02 Å². The number of benzene rings is 2. The molecular formula is C23H27ClN6O4S. The van der Waals surface area contributed by atoms with Gasteiger partial charge < -0.3 is 25.0 Å². The van der Waals surface area contributed by atoms with Gasteiger partial charge in [0, 0.05) is 38.9 Å². The Bertz CT molecular complexity index is 1300. The maximum Gasteiger partial charge on any atom is 0.244 e. The van der Waals surface area contributed by atoms with Crippen LogP contribution in [0.15, 0.2) is 53.6 Å². The molecule has 0 spiro atoms. The fourth-order valence-corrected chi connectivity index (χ4v) is 4.74. The Balaban J connectivity index is 1.60. The predicted molar refractivity (Wildman–Crippen MR) is 137 cm³/mol. The lowest BCUT2D eigenvalue weighted by Gasteiger charge is -2.29. The second kappa shape index (κ2) is 10.6. The van der Waals surface area contributed by atoms with E-state index in [0.29, 0.717) is 30.3 Å². The first-order valence-corrected chi connectivity index (χ1v) is 12.7. The second-order valence-corrected chi connectivity index (χ2v) is 10.4. The van der Waals surface area contributed by atoms with Crippen molar-refractivity contribution >= 4 is 50.5 Å². The van der Waals surface area contributed by atoms with Crippen LogP contribution in [0, 0.1) is 0 Å². The van der Waals surface area contributed by atoms with Crippen LogP contribution in [0.3, 0.4) is 0 Å². The first kappa shape index (κ1) is 25.0. The number of sulfonamides is 1. The number of hydrogen-bond donors (Lipinski definition) is 2. The van der Waals surface area contributed by atoms with Gasteiger partial charge in [-0.25, -0.2) is 17.7 Å². The molecule has 0 saturated carbocycles. The van der Waals surface area contributed by atoms with Crippen LogP contribution >= 0.6 is 11.6 Å². The first-order chi connectivity index (χ1) is 16.8. The van der Waals surface area contributed by atoms with Crippen molar-refractivity contribution < 1.29 is 17.9 Å². The smallest absolute Gasteiger partial charge is 0.244 e. The quantitative estimate of drug-likeness (QED) is 0.461. The molecular weight excluding hydrogens is 492 g/mol. The summed E-state index contributed by atoms with van der Waals surface area (Å²) in [5.74, 6) is 1.15. The van der Waals surface area contributed by atoms with E-state index in [9.17, 15) is 8.42 Å². The number of ether oxygens (including phenoxy) is 2. The van der Waals surface area contributed by atoms with Gasteiger partial charge in [-0.3, -0.25) is 0 Å². The van der Waals surface area contributed by atoms with Crippen molar-refractivity contribution in [3.63, 3.8) is 0 Å². The fourth-order valence-electron chi connectivity index (χ4n) is 3.56. The number of para-hydroxylation sites is 1. The van der Waals surface area contributed by atoms with Crippen LogP contribution < -0.4 is 20.3 Å². The normalized spacial score (nSPS) is 14.1. The fraction of sp³-hybridized carbons (Fsp3) is 0.304. The minimum Gasteiger partial charge on any atom is -0.494 e. The Hall–Kier alpha value is -3.12. The van der Waals surface area contributed by atoms with Crippen LogP contribution in [0.5, 0.6) is 5.75 Å². The number of methoxy groups -OCH3 is 1. The van der Waals surface area contributed by atoms with Gasteiger partial charge in [0.25, 0.3) is 0 Å². The maximum absolute atomic E-state index is 12.7. The summed E-state index contributed by atoms with van der Waals surface area (Å²) in [7, 11) is 0.869. The van der Waals surface area contributed by atoms with E-state index in [1.54, 1.807) is 25.3 Å². The molecule has 35 heavy (non-hydrogen) atoms. The number of anilines is 5. The van der Waals surface area contributed by atoms with Gasteiger partial charge in [0.1, 0.15) is 15.7 Å². The average Bonchev–Trinajstić information content (AvgIpc) is 2.87. The van der Waals surface area contributed by atoms with Crippen LogP contribution in [0.25, 0.3) is 0 Å². The van der Waals surface area contributed by atoms with Crippen LogP contribution in [0.4, 0.5) is 28.8 Å². The topological polar surface area (TPSA) is 109 Å². The molecule has 1 aliphatic rings. The van der Waals surface area contributed by atoms with E-state index in [-0.39, 0.29) is 21.7 Å². The van der Waals surface area contributed by atoms with E-state index in [1.165, 1.54) is 26.4 Å². The number of hydrogen-bond acceptors (Lipinski definition) is 9. The summed E-state index contributed by atoms with van der Waals surface area (Å²) >= 11 is 6.33. The molecule has 2 aromatic carbocycles. The molecule has 1 fully saturated rings. The molecule has 2 N–H and O–H groups in total. The van der Waals surface area contributed by atoms with Crippen LogP contribution in [-0.4, -0.2) is 70.2 Å². The van der Waals surface area contributed by atoms with Gasteiger partial charge in [0.2, 0.25) is 16.0 Å². The largest absolute Gasteiger partial charge is 0.494 e. The molecule has 2 heterocycles. The first-order valence-electron chi connectivity index (χ1n) is 10.9. The molecule has 186 valence electrons. The SMILES string of the molecule is COc1cc(N2CCOCC2)ccc1Nc1ncc(Cl)c(Nc2ccccc2S(=O)(=O)N(C)C)n1. The van der Waals surface area contributed by atoms with E-state index in [1.807, 2.05) is 18.2 Å². The standard InChI is InChI=1S/C23H27ClN6O4S/c1-29(2)35(31,32)21-7-5-4-6-19(21)26-22-17(24)15-25-23(28-22)27-18-9-8-16(14-20(18)33-3)30-10-12-34-13-11-30/h4-9,14-15H,10-13H2,1-3H3,(H2,25,26,27,28). The highest BCUT2D eigenvalue weighted by Gasteiger charge is 2.22. The highest BCUT2D eigenvalue weighted by Crippen LogP contribution is 2.33. The predicted octanol–water partition coefficient (Wildman–Crippen LogP) is 3.71. The van der Waals surface area contributed by atoms with Gasteiger partial charge in [-0.1, -0.05) is 23.7 Å². The summed E-state index contributed by atoms with van der Waals surface area (Å²) in [6.07, 6.45) is 1.44. The van der Waals surface area contributed by atoms with Gasteiger partial charge in [0.05, 0.1) is 37.9 Å². The third-order valence-corrected chi connectivity index (χ3v) is 7.60. The third-order valence-electron chi connectivity index (χ3n) is 5.45. The Labute approximate surface area is 209 Å². The molecule has 4 rings (SSSR count). The Morgan fingerprint density at radius 3 is 2.54 bits per heavy atom. The molecule has 0 radical (unpaired) electrons.